The molecule has 35 heavy (non-hydrogen) atoms. The highest BCUT2D eigenvalue weighted by molar-refractivity contribution is 7.92. The van der Waals surface area contributed by atoms with Crippen molar-refractivity contribution in [1.29, 1.82) is 0 Å². The molecule has 2 aromatic rings. The summed E-state index contributed by atoms with van der Waals surface area (Å²) < 4.78 is 32.1. The summed E-state index contributed by atoms with van der Waals surface area (Å²) in [5.41, 5.74) is 1.06. The first-order valence-corrected chi connectivity index (χ1v) is 13.0. The van der Waals surface area contributed by atoms with Crippen LogP contribution in [0.5, 0.6) is 5.75 Å². The Morgan fingerprint density at radius 2 is 1.51 bits per heavy atom. The van der Waals surface area contributed by atoms with Crippen molar-refractivity contribution in [2.24, 2.45) is 0 Å². The summed E-state index contributed by atoms with van der Waals surface area (Å²) >= 11 is 0. The highest BCUT2D eigenvalue weighted by Crippen LogP contribution is 2.20. The molecule has 0 unspecified atom stereocenters. The van der Waals surface area contributed by atoms with Crippen LogP contribution in [0.15, 0.2) is 53.4 Å². The molecule has 188 valence electrons. The molecule has 1 N–H and O–H groups in total. The second-order valence-corrected chi connectivity index (χ2v) is 10.4. The molecule has 1 atom stereocenters. The Morgan fingerprint density at radius 3 is 2.06 bits per heavy atom. The van der Waals surface area contributed by atoms with Gasteiger partial charge in [-0.3, -0.25) is 14.4 Å². The summed E-state index contributed by atoms with van der Waals surface area (Å²) in [7, 11) is -2.76. The summed E-state index contributed by atoms with van der Waals surface area (Å²) in [6.45, 7) is 4.75. The number of carbonyl (C=O) groups is 3. The van der Waals surface area contributed by atoms with E-state index in [-0.39, 0.29) is 29.5 Å². The summed E-state index contributed by atoms with van der Waals surface area (Å²) in [6, 6.07) is 12.3. The maximum absolute atomic E-state index is 13.5. The molecule has 0 saturated carbocycles. The third-order valence-corrected chi connectivity index (χ3v) is 7.78. The van der Waals surface area contributed by atoms with E-state index >= 15 is 0 Å². The van der Waals surface area contributed by atoms with Crippen molar-refractivity contribution in [2.75, 3.05) is 33.3 Å². The Morgan fingerprint density at radius 1 is 0.943 bits per heavy atom. The highest BCUT2D eigenvalue weighted by Gasteiger charge is 2.39. The molecule has 1 fully saturated rings. The van der Waals surface area contributed by atoms with Gasteiger partial charge in [0.15, 0.2) is 0 Å². The molecule has 3 amide bonds. The molecule has 10 heteroatoms. The molecule has 1 heterocycles. The molecule has 3 rings (SSSR count). The molecule has 1 saturated heterocycles. The van der Waals surface area contributed by atoms with Gasteiger partial charge in [0.1, 0.15) is 5.75 Å². The lowest BCUT2D eigenvalue weighted by Crippen LogP contribution is -2.57. The maximum atomic E-state index is 13.5. The van der Waals surface area contributed by atoms with Gasteiger partial charge in [0.25, 0.3) is 11.8 Å². The fourth-order valence-electron chi connectivity index (χ4n) is 3.79. The molecule has 1 aliphatic heterocycles. The number of ether oxygens (including phenoxy) is 1. The van der Waals surface area contributed by atoms with E-state index in [2.05, 4.69) is 5.32 Å². The Bertz CT molecular complexity index is 1150. The van der Waals surface area contributed by atoms with E-state index in [4.69, 9.17) is 4.74 Å². The van der Waals surface area contributed by atoms with Gasteiger partial charge in [-0.15, -0.1) is 0 Å². The van der Waals surface area contributed by atoms with Crippen molar-refractivity contribution < 1.29 is 27.5 Å². The summed E-state index contributed by atoms with van der Waals surface area (Å²) in [4.78, 5) is 41.6. The van der Waals surface area contributed by atoms with Crippen molar-refractivity contribution in [1.82, 2.24) is 15.1 Å². The van der Waals surface area contributed by atoms with Crippen molar-refractivity contribution in [3.05, 3.63) is 59.7 Å². The number of benzene rings is 2. The monoisotopic (exact) mass is 501 g/mol. The molecule has 0 bridgehead atoms. The molecule has 1 aliphatic rings. The van der Waals surface area contributed by atoms with Gasteiger partial charge < -0.3 is 19.9 Å². The zero-order valence-electron chi connectivity index (χ0n) is 20.2. The number of aryl methyl sites for hydroxylation is 1. The van der Waals surface area contributed by atoms with Gasteiger partial charge in [-0.05, 0) is 49.7 Å². The van der Waals surface area contributed by atoms with E-state index in [1.54, 1.807) is 29.2 Å². The molecular formula is C25H31N3O6S. The van der Waals surface area contributed by atoms with Gasteiger partial charge in [-0.1, -0.05) is 24.6 Å². The third kappa shape index (κ3) is 6.19. The molecule has 0 radical (unpaired) electrons. The normalized spacial score (nSPS) is 14.8. The van der Waals surface area contributed by atoms with E-state index in [1.165, 1.54) is 36.3 Å². The second-order valence-electron chi connectivity index (χ2n) is 8.40. The first-order valence-electron chi connectivity index (χ1n) is 11.5. The number of hydrogen-bond donors (Lipinski definition) is 1. The van der Waals surface area contributed by atoms with Gasteiger partial charge in [-0.2, -0.15) is 0 Å². The first kappa shape index (κ1) is 26.2. The zero-order valence-corrected chi connectivity index (χ0v) is 21.0. The van der Waals surface area contributed by atoms with Gasteiger partial charge in [0.2, 0.25) is 21.1 Å². The van der Waals surface area contributed by atoms with E-state index in [1.807, 2.05) is 13.8 Å². The Hall–Kier alpha value is -3.40. The average Bonchev–Trinajstić information content (AvgIpc) is 2.87. The fraction of sp³-hybridized carbons (Fsp3) is 0.400. The lowest BCUT2D eigenvalue weighted by molar-refractivity contribution is -0.139. The van der Waals surface area contributed by atoms with Crippen molar-refractivity contribution in [3.63, 3.8) is 0 Å². The lowest BCUT2D eigenvalue weighted by atomic mass is 10.2. The molecular weight excluding hydrogens is 470 g/mol. The number of piperazine rings is 1. The molecule has 9 nitrogen and oxygen atoms in total. The summed E-state index contributed by atoms with van der Waals surface area (Å²) in [5, 5.41) is 0.628. The lowest BCUT2D eigenvalue weighted by Gasteiger charge is -2.36. The summed E-state index contributed by atoms with van der Waals surface area (Å²) in [6.07, 6.45) is 1.16. The Balaban J connectivity index is 1.86. The molecule has 2 aromatic carbocycles. The number of sulfone groups is 1. The van der Waals surface area contributed by atoms with Crippen LogP contribution < -0.4 is 10.1 Å². The number of rotatable bonds is 8. The zero-order chi connectivity index (χ0) is 25.6. The molecule has 0 aliphatic carbocycles. The predicted molar refractivity (Wildman–Crippen MR) is 131 cm³/mol. The van der Waals surface area contributed by atoms with E-state index in [0.717, 1.165) is 12.0 Å². The quantitative estimate of drug-likeness (QED) is 0.592. The predicted octanol–water partition coefficient (Wildman–Crippen LogP) is 2.00. The Labute approximate surface area is 206 Å². The minimum Gasteiger partial charge on any atom is -0.497 e. The number of hydrogen-bond acceptors (Lipinski definition) is 6. The van der Waals surface area contributed by atoms with Gasteiger partial charge in [0, 0.05) is 38.2 Å². The SMILES string of the molecule is CCCC(=O)N1CCN(C(=O)[C@@H](NC(=O)c2ccc(OC)cc2)S(=O)(=O)c2ccc(C)cc2)CC1. The number of nitrogens with zero attached hydrogens (tertiary/aromatic N) is 2. The minimum atomic E-state index is -4.25. The van der Waals surface area contributed by atoms with Crippen LogP contribution in [-0.4, -0.2) is 74.6 Å². The number of methoxy groups -OCH3 is 1. The number of amides is 3. The maximum Gasteiger partial charge on any atom is 0.261 e. The van der Waals surface area contributed by atoms with Crippen molar-refractivity contribution >= 4 is 27.6 Å². The molecule has 0 aromatic heterocycles. The first-order chi connectivity index (χ1) is 16.7. The van der Waals surface area contributed by atoms with Crippen LogP contribution in [0.3, 0.4) is 0 Å². The average molecular weight is 502 g/mol. The van der Waals surface area contributed by atoms with Crippen LogP contribution in [-0.2, 0) is 19.4 Å². The van der Waals surface area contributed by atoms with Crippen LogP contribution in [0.2, 0.25) is 0 Å². The van der Waals surface area contributed by atoms with Gasteiger partial charge in [0.05, 0.1) is 12.0 Å². The van der Waals surface area contributed by atoms with E-state index < -0.39 is 27.0 Å². The van der Waals surface area contributed by atoms with Crippen LogP contribution in [0.25, 0.3) is 0 Å². The third-order valence-electron chi connectivity index (χ3n) is 5.91. The van der Waals surface area contributed by atoms with Gasteiger partial charge in [-0.25, -0.2) is 8.42 Å². The smallest absolute Gasteiger partial charge is 0.261 e. The fourth-order valence-corrected chi connectivity index (χ4v) is 5.26. The molecule has 0 spiro atoms. The van der Waals surface area contributed by atoms with Crippen molar-refractivity contribution in [2.45, 2.75) is 37.0 Å². The topological polar surface area (TPSA) is 113 Å². The largest absolute Gasteiger partial charge is 0.497 e. The summed E-state index contributed by atoms with van der Waals surface area (Å²) in [5.74, 6) is -0.873. The standard InChI is InChI=1S/C25H31N3O6S/c1-4-5-22(29)27-14-16-28(17-15-27)25(31)24(35(32,33)21-12-6-18(2)7-13-21)26-23(30)19-8-10-20(34-3)11-9-19/h6-13,24H,4-5,14-17H2,1-3H3,(H,26,30)/t24-/m0/s1. The van der Waals surface area contributed by atoms with Crippen LogP contribution in [0.1, 0.15) is 35.7 Å². The Kier molecular flexibility index (Phi) is 8.50. The van der Waals surface area contributed by atoms with E-state index in [9.17, 15) is 22.8 Å². The number of carbonyl (C=O) groups excluding carboxylic acids is 3. The van der Waals surface area contributed by atoms with Crippen molar-refractivity contribution in [3.8, 4) is 5.75 Å². The second kappa shape index (κ2) is 11.4. The minimum absolute atomic E-state index is 0.0104. The van der Waals surface area contributed by atoms with E-state index in [0.29, 0.717) is 25.3 Å². The van der Waals surface area contributed by atoms with Crippen LogP contribution in [0.4, 0.5) is 0 Å². The number of nitrogens with one attached hydrogen (secondary N) is 1. The van der Waals surface area contributed by atoms with Gasteiger partial charge >= 0.3 is 0 Å². The highest BCUT2D eigenvalue weighted by atomic mass is 32.2. The van der Waals surface area contributed by atoms with Crippen LogP contribution >= 0.6 is 0 Å². The van der Waals surface area contributed by atoms with Crippen LogP contribution in [0, 0.1) is 6.92 Å².